The third-order valence-corrected chi connectivity index (χ3v) is 2.99. The van der Waals surface area contributed by atoms with Crippen molar-refractivity contribution in [2.75, 3.05) is 17.6 Å². The van der Waals surface area contributed by atoms with Gasteiger partial charge >= 0.3 is 0 Å². The molecule has 5 nitrogen and oxygen atoms in total. The van der Waals surface area contributed by atoms with Gasteiger partial charge < -0.3 is 11.1 Å². The molecule has 5 heteroatoms. The van der Waals surface area contributed by atoms with Gasteiger partial charge in [0.05, 0.1) is 0 Å². The second kappa shape index (κ2) is 6.13. The Morgan fingerprint density at radius 2 is 2.05 bits per heavy atom. The van der Waals surface area contributed by atoms with Crippen molar-refractivity contribution < 1.29 is 0 Å². The number of hydrogen-bond acceptors (Lipinski definition) is 5. The molecule has 0 unspecified atom stereocenters. The molecule has 3 N–H and O–H groups in total. The molecule has 0 bridgehead atoms. The highest BCUT2D eigenvalue weighted by Crippen LogP contribution is 2.12. The van der Waals surface area contributed by atoms with Crippen molar-refractivity contribution in [3.63, 3.8) is 0 Å². The van der Waals surface area contributed by atoms with Gasteiger partial charge in [0.1, 0.15) is 6.33 Å². The summed E-state index contributed by atoms with van der Waals surface area (Å²) in [6.45, 7) is 5.09. The predicted octanol–water partition coefficient (Wildman–Crippen LogP) is 2.12. The van der Waals surface area contributed by atoms with E-state index >= 15 is 0 Å². The quantitative estimate of drug-likeness (QED) is 0.802. The number of nitrogen functional groups attached to an aromatic ring is 1. The fourth-order valence-corrected chi connectivity index (χ4v) is 2.00. The minimum absolute atomic E-state index is 0.242. The van der Waals surface area contributed by atoms with Gasteiger partial charge in [0, 0.05) is 6.54 Å². The Kier molecular flexibility index (Phi) is 4.28. The lowest BCUT2D eigenvalue weighted by Gasteiger charge is -2.08. The van der Waals surface area contributed by atoms with Gasteiger partial charge in [-0.1, -0.05) is 23.8 Å². The molecule has 19 heavy (non-hydrogen) atoms. The average Bonchev–Trinajstić information content (AvgIpc) is 2.37. The van der Waals surface area contributed by atoms with Crippen LogP contribution in [0.2, 0.25) is 0 Å². The molecule has 0 spiro atoms. The maximum absolute atomic E-state index is 5.49. The fourth-order valence-electron chi connectivity index (χ4n) is 2.00. The van der Waals surface area contributed by atoms with Gasteiger partial charge in [0.15, 0.2) is 0 Å². The first-order valence-electron chi connectivity index (χ1n) is 6.39. The molecule has 0 fully saturated rings. The highest BCUT2D eigenvalue weighted by molar-refractivity contribution is 5.31. The van der Waals surface area contributed by atoms with Crippen molar-refractivity contribution in [3.05, 3.63) is 41.2 Å². The largest absolute Gasteiger partial charge is 0.368 e. The van der Waals surface area contributed by atoms with E-state index in [9.17, 15) is 0 Å². The molecule has 2 aromatic rings. The van der Waals surface area contributed by atoms with E-state index in [-0.39, 0.29) is 5.95 Å². The molecule has 0 aliphatic carbocycles. The Bertz CT molecular complexity index is 553. The molecule has 0 saturated heterocycles. The van der Waals surface area contributed by atoms with E-state index in [0.717, 1.165) is 19.4 Å². The van der Waals surface area contributed by atoms with Gasteiger partial charge in [0.2, 0.25) is 11.9 Å². The number of hydrogen-bond donors (Lipinski definition) is 2. The minimum Gasteiger partial charge on any atom is -0.368 e. The van der Waals surface area contributed by atoms with Crippen molar-refractivity contribution in [2.45, 2.75) is 26.7 Å². The summed E-state index contributed by atoms with van der Waals surface area (Å²) in [5.41, 5.74) is 9.53. The van der Waals surface area contributed by atoms with Crippen molar-refractivity contribution in [3.8, 4) is 0 Å². The van der Waals surface area contributed by atoms with Gasteiger partial charge in [0.25, 0.3) is 0 Å². The lowest BCUT2D eigenvalue weighted by atomic mass is 10.0. The van der Waals surface area contributed by atoms with E-state index in [1.54, 1.807) is 0 Å². The van der Waals surface area contributed by atoms with Crippen molar-refractivity contribution in [1.29, 1.82) is 0 Å². The normalized spacial score (nSPS) is 10.4. The molecule has 0 aliphatic rings. The zero-order valence-corrected chi connectivity index (χ0v) is 11.3. The van der Waals surface area contributed by atoms with Crippen LogP contribution in [0.25, 0.3) is 0 Å². The first-order chi connectivity index (χ1) is 9.15. The Morgan fingerprint density at radius 1 is 1.21 bits per heavy atom. The molecule has 1 aromatic heterocycles. The fraction of sp³-hybridized carbons (Fsp3) is 0.357. The van der Waals surface area contributed by atoms with Crippen LogP contribution in [0.3, 0.4) is 0 Å². The Labute approximate surface area is 113 Å². The van der Waals surface area contributed by atoms with Crippen LogP contribution in [0.5, 0.6) is 0 Å². The summed E-state index contributed by atoms with van der Waals surface area (Å²) in [7, 11) is 0. The van der Waals surface area contributed by atoms with Crippen LogP contribution in [0.1, 0.15) is 23.1 Å². The number of aryl methyl sites for hydroxylation is 3. The SMILES string of the molecule is Cc1ccc(CCCNc2ncnc(N)n2)c(C)c1. The standard InChI is InChI=1S/C14H19N5/c1-10-5-6-12(11(2)8-10)4-3-7-16-14-18-9-17-13(15)19-14/h5-6,8-9H,3-4,7H2,1-2H3,(H3,15,16,17,18,19). The van der Waals surface area contributed by atoms with Crippen LogP contribution >= 0.6 is 0 Å². The number of nitrogens with zero attached hydrogens (tertiary/aromatic N) is 3. The average molecular weight is 257 g/mol. The van der Waals surface area contributed by atoms with E-state index in [4.69, 9.17) is 5.73 Å². The molecule has 0 aliphatic heterocycles. The molecule has 0 radical (unpaired) electrons. The maximum atomic E-state index is 5.49. The zero-order chi connectivity index (χ0) is 13.7. The highest BCUT2D eigenvalue weighted by atomic mass is 15.2. The van der Waals surface area contributed by atoms with E-state index in [2.05, 4.69) is 52.3 Å². The predicted molar refractivity (Wildman–Crippen MR) is 77.0 cm³/mol. The number of benzene rings is 1. The molecule has 100 valence electrons. The van der Waals surface area contributed by atoms with Crippen LogP contribution in [0.15, 0.2) is 24.5 Å². The van der Waals surface area contributed by atoms with Gasteiger partial charge in [-0.25, -0.2) is 9.97 Å². The molecular formula is C14H19N5. The summed E-state index contributed by atoms with van der Waals surface area (Å²) in [6, 6.07) is 6.57. The summed E-state index contributed by atoms with van der Waals surface area (Å²) in [5, 5.41) is 3.14. The van der Waals surface area contributed by atoms with E-state index in [0.29, 0.717) is 5.95 Å². The van der Waals surface area contributed by atoms with Gasteiger partial charge in [-0.05, 0) is 37.8 Å². The van der Waals surface area contributed by atoms with Crippen LogP contribution < -0.4 is 11.1 Å². The Balaban J connectivity index is 1.81. The van der Waals surface area contributed by atoms with Crippen LogP contribution in [-0.4, -0.2) is 21.5 Å². The number of nitrogens with two attached hydrogens (primary N) is 1. The summed E-state index contributed by atoms with van der Waals surface area (Å²) in [5.74, 6) is 0.778. The van der Waals surface area contributed by atoms with Crippen LogP contribution in [0.4, 0.5) is 11.9 Å². The van der Waals surface area contributed by atoms with Crippen molar-refractivity contribution in [2.24, 2.45) is 0 Å². The highest BCUT2D eigenvalue weighted by Gasteiger charge is 2.00. The topological polar surface area (TPSA) is 76.7 Å². The van der Waals surface area contributed by atoms with Crippen LogP contribution in [-0.2, 0) is 6.42 Å². The van der Waals surface area contributed by atoms with Crippen molar-refractivity contribution >= 4 is 11.9 Å². The first kappa shape index (κ1) is 13.3. The van der Waals surface area contributed by atoms with E-state index in [1.165, 1.54) is 23.0 Å². The monoisotopic (exact) mass is 257 g/mol. The smallest absolute Gasteiger partial charge is 0.227 e. The van der Waals surface area contributed by atoms with Gasteiger partial charge in [-0.3, -0.25) is 0 Å². The summed E-state index contributed by atoms with van der Waals surface area (Å²) in [6.07, 6.45) is 3.48. The van der Waals surface area contributed by atoms with Gasteiger partial charge in [-0.15, -0.1) is 0 Å². The molecule has 2 rings (SSSR count). The maximum Gasteiger partial charge on any atom is 0.227 e. The summed E-state index contributed by atoms with van der Waals surface area (Å²) >= 11 is 0. The van der Waals surface area contributed by atoms with E-state index in [1.807, 2.05) is 0 Å². The number of nitrogens with one attached hydrogen (secondary N) is 1. The lowest BCUT2D eigenvalue weighted by molar-refractivity contribution is 0.845. The first-order valence-corrected chi connectivity index (χ1v) is 6.39. The second-order valence-electron chi connectivity index (χ2n) is 4.63. The molecule has 0 atom stereocenters. The minimum atomic E-state index is 0.242. The lowest BCUT2D eigenvalue weighted by Crippen LogP contribution is -2.08. The summed E-state index contributed by atoms with van der Waals surface area (Å²) in [4.78, 5) is 11.7. The molecule has 0 saturated carbocycles. The molecule has 0 amide bonds. The molecule has 1 aromatic carbocycles. The molecular weight excluding hydrogens is 238 g/mol. The third kappa shape index (κ3) is 3.91. The van der Waals surface area contributed by atoms with Crippen LogP contribution in [0, 0.1) is 13.8 Å². The van der Waals surface area contributed by atoms with E-state index < -0.39 is 0 Å². The zero-order valence-electron chi connectivity index (χ0n) is 11.3. The second-order valence-corrected chi connectivity index (χ2v) is 4.63. The Morgan fingerprint density at radius 3 is 2.79 bits per heavy atom. The number of anilines is 2. The Hall–Kier alpha value is -2.17. The third-order valence-electron chi connectivity index (χ3n) is 2.99. The van der Waals surface area contributed by atoms with Gasteiger partial charge in [-0.2, -0.15) is 4.98 Å². The summed E-state index contributed by atoms with van der Waals surface area (Å²) < 4.78 is 0. The van der Waals surface area contributed by atoms with Crippen molar-refractivity contribution in [1.82, 2.24) is 15.0 Å². The molecule has 1 heterocycles. The number of aromatic nitrogens is 3. The number of rotatable bonds is 5.